The molecule has 0 spiro atoms. The Balaban J connectivity index is 2.07. The highest BCUT2D eigenvalue weighted by Crippen LogP contribution is 2.28. The Hall–Kier alpha value is -0.400. The zero-order chi connectivity index (χ0) is 16.4. The standard InChI is InChI=1S/C12H22O10/c13-2-5-8(17)9(18)10(19)12(21-5)22-11-4(15)1-7(16)20-6(11)3-14/h4-19H,1-3H2/t4-,5?,6?,7?,8+,9-,10?,11+,12-/m1/s1. The van der Waals surface area contributed by atoms with Crippen LogP contribution in [0, 0.1) is 0 Å². The lowest BCUT2D eigenvalue weighted by molar-refractivity contribution is -0.342. The van der Waals surface area contributed by atoms with Crippen molar-refractivity contribution < 1.29 is 50.0 Å². The highest BCUT2D eigenvalue weighted by Gasteiger charge is 2.47. The molecular formula is C12H22O10. The van der Waals surface area contributed by atoms with Crippen LogP contribution < -0.4 is 0 Å². The molecule has 9 atom stereocenters. The van der Waals surface area contributed by atoms with Crippen LogP contribution in [0.2, 0.25) is 0 Å². The largest absolute Gasteiger partial charge is 0.394 e. The first-order chi connectivity index (χ1) is 10.4. The molecule has 0 saturated carbocycles. The molecule has 0 aromatic rings. The summed E-state index contributed by atoms with van der Waals surface area (Å²) in [6.45, 7) is -1.17. The average molecular weight is 326 g/mol. The second-order valence-electron chi connectivity index (χ2n) is 5.41. The van der Waals surface area contributed by atoms with E-state index in [0.29, 0.717) is 0 Å². The Morgan fingerprint density at radius 2 is 1.45 bits per heavy atom. The van der Waals surface area contributed by atoms with Gasteiger partial charge in [0.05, 0.1) is 19.3 Å². The van der Waals surface area contributed by atoms with Gasteiger partial charge < -0.3 is 50.0 Å². The molecule has 2 aliphatic heterocycles. The van der Waals surface area contributed by atoms with Gasteiger partial charge in [-0.2, -0.15) is 0 Å². The first kappa shape index (κ1) is 17.9. The normalized spacial score (nSPS) is 50.0. The minimum Gasteiger partial charge on any atom is -0.394 e. The zero-order valence-electron chi connectivity index (χ0n) is 11.7. The summed E-state index contributed by atoms with van der Waals surface area (Å²) in [4.78, 5) is 0. The lowest BCUT2D eigenvalue weighted by atomic mass is 9.98. The average Bonchev–Trinajstić information content (AvgIpc) is 2.49. The molecule has 2 saturated heterocycles. The van der Waals surface area contributed by atoms with E-state index in [0.717, 1.165) is 0 Å². The molecule has 2 rings (SSSR count). The quantitative estimate of drug-likeness (QED) is 0.268. The lowest BCUT2D eigenvalue weighted by Gasteiger charge is -2.44. The van der Waals surface area contributed by atoms with Crippen LogP contribution in [-0.4, -0.2) is 104 Å². The van der Waals surface area contributed by atoms with Crippen LogP contribution in [0.5, 0.6) is 0 Å². The molecule has 0 bridgehead atoms. The molecule has 0 amide bonds. The number of aliphatic hydroxyl groups excluding tert-OH is 7. The van der Waals surface area contributed by atoms with Gasteiger partial charge in [-0.15, -0.1) is 0 Å². The summed E-state index contributed by atoms with van der Waals surface area (Å²) in [5, 5.41) is 66.8. The van der Waals surface area contributed by atoms with Crippen LogP contribution >= 0.6 is 0 Å². The highest BCUT2D eigenvalue weighted by molar-refractivity contribution is 4.91. The smallest absolute Gasteiger partial charge is 0.187 e. The molecule has 0 aliphatic carbocycles. The van der Waals surface area contributed by atoms with Gasteiger partial charge in [0.1, 0.15) is 36.6 Å². The number of hydrogen-bond acceptors (Lipinski definition) is 10. The zero-order valence-corrected chi connectivity index (χ0v) is 11.7. The molecule has 0 radical (unpaired) electrons. The van der Waals surface area contributed by atoms with Gasteiger partial charge in [-0.3, -0.25) is 0 Å². The van der Waals surface area contributed by atoms with Gasteiger partial charge in [0.15, 0.2) is 12.6 Å². The topological polar surface area (TPSA) is 169 Å². The minimum absolute atomic E-state index is 0.168. The van der Waals surface area contributed by atoms with Gasteiger partial charge in [0.25, 0.3) is 0 Å². The van der Waals surface area contributed by atoms with E-state index in [-0.39, 0.29) is 6.42 Å². The van der Waals surface area contributed by atoms with Gasteiger partial charge in [-0.05, 0) is 0 Å². The van der Waals surface area contributed by atoms with Crippen molar-refractivity contribution >= 4 is 0 Å². The fourth-order valence-electron chi connectivity index (χ4n) is 2.58. The van der Waals surface area contributed by atoms with Crippen molar-refractivity contribution in [3.63, 3.8) is 0 Å². The first-order valence-corrected chi connectivity index (χ1v) is 6.97. The maximum atomic E-state index is 9.92. The highest BCUT2D eigenvalue weighted by atomic mass is 16.7. The van der Waals surface area contributed by atoms with E-state index < -0.39 is 68.5 Å². The van der Waals surface area contributed by atoms with E-state index in [1.807, 2.05) is 0 Å². The summed E-state index contributed by atoms with van der Waals surface area (Å²) in [5.41, 5.74) is 0. The third kappa shape index (κ3) is 3.57. The molecule has 7 N–H and O–H groups in total. The van der Waals surface area contributed by atoms with Crippen LogP contribution in [0.3, 0.4) is 0 Å². The van der Waals surface area contributed by atoms with E-state index in [2.05, 4.69) is 0 Å². The maximum absolute atomic E-state index is 9.92. The summed E-state index contributed by atoms with van der Waals surface area (Å²) in [5.74, 6) is 0. The Kier molecular flexibility index (Phi) is 6.07. The summed E-state index contributed by atoms with van der Waals surface area (Å²) in [6, 6.07) is 0. The van der Waals surface area contributed by atoms with Gasteiger partial charge in [0.2, 0.25) is 0 Å². The third-order valence-electron chi connectivity index (χ3n) is 3.84. The second kappa shape index (κ2) is 7.45. The molecule has 0 aromatic heterocycles. The van der Waals surface area contributed by atoms with Crippen molar-refractivity contribution in [3.05, 3.63) is 0 Å². The van der Waals surface area contributed by atoms with E-state index in [1.165, 1.54) is 0 Å². The Bertz CT molecular complexity index is 353. The fraction of sp³-hybridized carbons (Fsp3) is 1.00. The molecule has 0 aromatic carbocycles. The van der Waals surface area contributed by atoms with E-state index in [9.17, 15) is 30.6 Å². The summed E-state index contributed by atoms with van der Waals surface area (Å²) >= 11 is 0. The van der Waals surface area contributed by atoms with Gasteiger partial charge in [0, 0.05) is 6.42 Å². The monoisotopic (exact) mass is 326 g/mol. The van der Waals surface area contributed by atoms with E-state index >= 15 is 0 Å². The van der Waals surface area contributed by atoms with Gasteiger partial charge >= 0.3 is 0 Å². The number of rotatable bonds is 4. The minimum atomic E-state index is -1.63. The molecule has 4 unspecified atom stereocenters. The van der Waals surface area contributed by atoms with Crippen LogP contribution in [0.4, 0.5) is 0 Å². The van der Waals surface area contributed by atoms with Crippen molar-refractivity contribution in [2.45, 2.75) is 61.7 Å². The Morgan fingerprint density at radius 1 is 0.818 bits per heavy atom. The van der Waals surface area contributed by atoms with Crippen LogP contribution in [0.1, 0.15) is 6.42 Å². The maximum Gasteiger partial charge on any atom is 0.187 e. The Morgan fingerprint density at radius 3 is 2.05 bits per heavy atom. The Labute approximate surface area is 126 Å². The second-order valence-corrected chi connectivity index (χ2v) is 5.41. The molecule has 10 heteroatoms. The van der Waals surface area contributed by atoms with Crippen molar-refractivity contribution in [3.8, 4) is 0 Å². The lowest BCUT2D eigenvalue weighted by Crippen LogP contribution is -2.62. The van der Waals surface area contributed by atoms with Crippen molar-refractivity contribution in [2.75, 3.05) is 13.2 Å². The van der Waals surface area contributed by atoms with Crippen LogP contribution in [-0.2, 0) is 14.2 Å². The van der Waals surface area contributed by atoms with Crippen molar-refractivity contribution in [1.82, 2.24) is 0 Å². The number of ether oxygens (including phenoxy) is 3. The number of aliphatic hydroxyl groups is 7. The summed E-state index contributed by atoms with van der Waals surface area (Å²) < 4.78 is 15.5. The first-order valence-electron chi connectivity index (χ1n) is 6.97. The van der Waals surface area contributed by atoms with Crippen molar-refractivity contribution in [1.29, 1.82) is 0 Å². The predicted molar refractivity (Wildman–Crippen MR) is 67.2 cm³/mol. The molecule has 130 valence electrons. The molecule has 22 heavy (non-hydrogen) atoms. The summed E-state index contributed by atoms with van der Waals surface area (Å²) in [6.07, 6.45) is -12.2. The van der Waals surface area contributed by atoms with E-state index in [4.69, 9.17) is 19.3 Å². The van der Waals surface area contributed by atoms with Crippen molar-refractivity contribution in [2.24, 2.45) is 0 Å². The number of hydrogen-bond donors (Lipinski definition) is 7. The molecule has 2 fully saturated rings. The van der Waals surface area contributed by atoms with Gasteiger partial charge in [-0.25, -0.2) is 0 Å². The van der Waals surface area contributed by atoms with Crippen LogP contribution in [0.25, 0.3) is 0 Å². The SMILES string of the molecule is OCC1OC(O)C[C@@H](O)[C@@H]1O[C@H]1OC(CO)[C@H](O)[C@@H](O)C1O. The molecule has 10 nitrogen and oxygen atoms in total. The van der Waals surface area contributed by atoms with E-state index in [1.54, 1.807) is 0 Å². The van der Waals surface area contributed by atoms with Gasteiger partial charge in [-0.1, -0.05) is 0 Å². The molecule has 2 aliphatic rings. The molecule has 2 heterocycles. The molecular weight excluding hydrogens is 304 g/mol. The predicted octanol–water partition coefficient (Wildman–Crippen LogP) is -4.37. The fourth-order valence-corrected chi connectivity index (χ4v) is 2.58. The van der Waals surface area contributed by atoms with Crippen LogP contribution in [0.15, 0.2) is 0 Å². The summed E-state index contributed by atoms with van der Waals surface area (Å²) in [7, 11) is 0. The third-order valence-corrected chi connectivity index (χ3v) is 3.84.